The van der Waals surface area contributed by atoms with Gasteiger partial charge in [0.25, 0.3) is 0 Å². The average Bonchev–Trinajstić information content (AvgIpc) is 2.36. The summed E-state index contributed by atoms with van der Waals surface area (Å²) < 4.78 is 11.2. The Morgan fingerprint density at radius 3 is 2.56 bits per heavy atom. The fourth-order valence-corrected chi connectivity index (χ4v) is 2.55. The van der Waals surface area contributed by atoms with Gasteiger partial charge in [-0.25, -0.2) is 0 Å². The molecule has 3 heteroatoms. The van der Waals surface area contributed by atoms with Crippen molar-refractivity contribution in [2.45, 2.75) is 39.2 Å². The molecule has 1 aliphatic rings. The summed E-state index contributed by atoms with van der Waals surface area (Å²) >= 11 is 0. The molecule has 3 nitrogen and oxygen atoms in total. The lowest BCUT2D eigenvalue weighted by Gasteiger charge is -2.32. The predicted molar refractivity (Wildman–Crippen MR) is 74.0 cm³/mol. The van der Waals surface area contributed by atoms with Crippen LogP contribution in [-0.4, -0.2) is 13.2 Å². The number of rotatable bonds is 3. The molecule has 2 N–H and O–H groups in total. The molecule has 1 aliphatic carbocycles. The van der Waals surface area contributed by atoms with Crippen molar-refractivity contribution in [1.29, 1.82) is 0 Å². The first-order chi connectivity index (χ1) is 8.60. The minimum absolute atomic E-state index is 0.298. The molecule has 2 rings (SSSR count). The van der Waals surface area contributed by atoms with Crippen molar-refractivity contribution in [3.8, 4) is 11.5 Å². The Labute approximate surface area is 109 Å². The van der Waals surface area contributed by atoms with Crippen molar-refractivity contribution in [3.05, 3.63) is 18.2 Å². The van der Waals surface area contributed by atoms with Crippen LogP contribution in [0.3, 0.4) is 0 Å². The van der Waals surface area contributed by atoms with Gasteiger partial charge in [0, 0.05) is 6.07 Å². The van der Waals surface area contributed by atoms with Gasteiger partial charge in [-0.15, -0.1) is 0 Å². The van der Waals surface area contributed by atoms with Crippen molar-refractivity contribution in [1.82, 2.24) is 0 Å². The lowest BCUT2D eigenvalue weighted by Crippen LogP contribution is -2.28. The Balaban J connectivity index is 2.01. The zero-order valence-corrected chi connectivity index (χ0v) is 11.5. The smallest absolute Gasteiger partial charge is 0.142 e. The summed E-state index contributed by atoms with van der Waals surface area (Å²) in [6.45, 7) is 4.63. The van der Waals surface area contributed by atoms with E-state index in [1.807, 2.05) is 18.2 Å². The lowest BCUT2D eigenvalue weighted by atomic mass is 9.80. The second-order valence-corrected chi connectivity index (χ2v) is 5.41. The van der Waals surface area contributed by atoms with Crippen LogP contribution in [0.5, 0.6) is 11.5 Å². The molecule has 0 heterocycles. The Morgan fingerprint density at radius 2 is 1.94 bits per heavy atom. The topological polar surface area (TPSA) is 44.5 Å². The van der Waals surface area contributed by atoms with Gasteiger partial charge >= 0.3 is 0 Å². The van der Waals surface area contributed by atoms with Crippen LogP contribution in [0.2, 0.25) is 0 Å². The van der Waals surface area contributed by atoms with E-state index in [-0.39, 0.29) is 0 Å². The Bertz CT molecular complexity index is 405. The van der Waals surface area contributed by atoms with Crippen LogP contribution in [0.25, 0.3) is 0 Å². The molecule has 1 aromatic rings. The lowest BCUT2D eigenvalue weighted by molar-refractivity contribution is 0.101. The molecule has 0 aliphatic heterocycles. The number of nitrogen functional groups attached to an aromatic ring is 1. The van der Waals surface area contributed by atoms with E-state index in [4.69, 9.17) is 15.2 Å². The first-order valence-electron chi connectivity index (χ1n) is 6.70. The van der Waals surface area contributed by atoms with Gasteiger partial charge in [-0.05, 0) is 43.2 Å². The molecular formula is C15H23NO2. The number of benzene rings is 1. The van der Waals surface area contributed by atoms with Gasteiger partial charge in [-0.3, -0.25) is 0 Å². The third-order valence-electron chi connectivity index (χ3n) is 4.06. The van der Waals surface area contributed by atoms with Crippen LogP contribution in [0, 0.1) is 11.8 Å². The third-order valence-corrected chi connectivity index (χ3v) is 4.06. The molecule has 0 amide bonds. The summed E-state index contributed by atoms with van der Waals surface area (Å²) in [4.78, 5) is 0. The van der Waals surface area contributed by atoms with Crippen molar-refractivity contribution in [2.24, 2.45) is 11.8 Å². The van der Waals surface area contributed by atoms with E-state index >= 15 is 0 Å². The van der Waals surface area contributed by atoms with E-state index in [0.29, 0.717) is 11.8 Å². The van der Waals surface area contributed by atoms with Gasteiger partial charge in [0.2, 0.25) is 0 Å². The molecule has 3 unspecified atom stereocenters. The van der Waals surface area contributed by atoms with Crippen molar-refractivity contribution in [3.63, 3.8) is 0 Å². The molecular weight excluding hydrogens is 226 g/mol. The fraction of sp³-hybridized carbons (Fsp3) is 0.600. The summed E-state index contributed by atoms with van der Waals surface area (Å²) in [6.07, 6.45) is 3.78. The Hall–Kier alpha value is -1.38. The quantitative estimate of drug-likeness (QED) is 0.834. The number of anilines is 1. The molecule has 0 radical (unpaired) electrons. The van der Waals surface area contributed by atoms with Crippen LogP contribution in [0.4, 0.5) is 5.69 Å². The first kappa shape index (κ1) is 13.1. The minimum atomic E-state index is 0.298. The summed E-state index contributed by atoms with van der Waals surface area (Å²) in [5.41, 5.74) is 6.62. The van der Waals surface area contributed by atoms with Crippen LogP contribution in [0.1, 0.15) is 33.1 Å². The zero-order chi connectivity index (χ0) is 13.1. The molecule has 1 saturated carbocycles. The number of hydrogen-bond donors (Lipinski definition) is 1. The highest BCUT2D eigenvalue weighted by Gasteiger charge is 2.26. The van der Waals surface area contributed by atoms with E-state index < -0.39 is 0 Å². The first-order valence-corrected chi connectivity index (χ1v) is 6.70. The van der Waals surface area contributed by atoms with E-state index in [1.165, 1.54) is 6.42 Å². The summed E-state index contributed by atoms with van der Waals surface area (Å²) in [6, 6.07) is 5.60. The molecule has 1 fully saturated rings. The molecule has 100 valence electrons. The maximum atomic E-state index is 6.02. The Morgan fingerprint density at radius 1 is 1.17 bits per heavy atom. The maximum Gasteiger partial charge on any atom is 0.142 e. The molecule has 0 spiro atoms. The van der Waals surface area contributed by atoms with Gasteiger partial charge in [0.15, 0.2) is 0 Å². The highest BCUT2D eigenvalue weighted by molar-refractivity contribution is 5.56. The molecule has 3 atom stereocenters. The highest BCUT2D eigenvalue weighted by Crippen LogP contribution is 2.34. The van der Waals surface area contributed by atoms with E-state index in [0.717, 1.165) is 36.2 Å². The van der Waals surface area contributed by atoms with Crippen molar-refractivity contribution < 1.29 is 9.47 Å². The molecule has 0 bridgehead atoms. The van der Waals surface area contributed by atoms with Crippen molar-refractivity contribution in [2.75, 3.05) is 12.8 Å². The van der Waals surface area contributed by atoms with E-state index in [9.17, 15) is 0 Å². The minimum Gasteiger partial charge on any atom is -0.497 e. The largest absolute Gasteiger partial charge is 0.497 e. The summed E-state index contributed by atoms with van der Waals surface area (Å²) in [5.74, 6) is 3.08. The predicted octanol–water partition coefficient (Wildman–Crippen LogP) is 3.48. The standard InChI is InChI=1S/C15H23NO2/c1-10-4-5-13(8-11(10)2)18-15-7-6-12(17-3)9-14(15)16/h6-7,9-11,13H,4-5,8,16H2,1-3H3. The van der Waals surface area contributed by atoms with Gasteiger partial charge < -0.3 is 15.2 Å². The number of methoxy groups -OCH3 is 1. The number of nitrogens with two attached hydrogens (primary N) is 1. The molecule has 18 heavy (non-hydrogen) atoms. The third kappa shape index (κ3) is 2.89. The molecule has 0 aromatic heterocycles. The van der Waals surface area contributed by atoms with Crippen LogP contribution >= 0.6 is 0 Å². The highest BCUT2D eigenvalue weighted by atomic mass is 16.5. The normalized spacial score (nSPS) is 27.8. The van der Waals surface area contributed by atoms with E-state index in [2.05, 4.69) is 13.8 Å². The van der Waals surface area contributed by atoms with Gasteiger partial charge in [0.1, 0.15) is 11.5 Å². The molecule has 1 aromatic carbocycles. The number of ether oxygens (including phenoxy) is 2. The van der Waals surface area contributed by atoms with Gasteiger partial charge in [-0.1, -0.05) is 13.8 Å². The second-order valence-electron chi connectivity index (χ2n) is 5.41. The summed E-state index contributed by atoms with van der Waals surface area (Å²) in [5, 5.41) is 0. The Kier molecular flexibility index (Phi) is 4.00. The van der Waals surface area contributed by atoms with Crippen LogP contribution in [0.15, 0.2) is 18.2 Å². The fourth-order valence-electron chi connectivity index (χ4n) is 2.55. The van der Waals surface area contributed by atoms with Crippen molar-refractivity contribution >= 4 is 5.69 Å². The monoisotopic (exact) mass is 249 g/mol. The van der Waals surface area contributed by atoms with Gasteiger partial charge in [-0.2, -0.15) is 0 Å². The van der Waals surface area contributed by atoms with Crippen LogP contribution in [-0.2, 0) is 0 Å². The van der Waals surface area contributed by atoms with Gasteiger partial charge in [0.05, 0.1) is 18.9 Å². The van der Waals surface area contributed by atoms with Crippen LogP contribution < -0.4 is 15.2 Å². The molecule has 0 saturated heterocycles. The average molecular weight is 249 g/mol. The maximum absolute atomic E-state index is 6.02. The summed E-state index contributed by atoms with van der Waals surface area (Å²) in [7, 11) is 1.64. The SMILES string of the molecule is COc1ccc(OC2CCC(C)C(C)C2)c(N)c1. The second kappa shape index (κ2) is 5.51. The number of hydrogen-bond acceptors (Lipinski definition) is 3. The van der Waals surface area contributed by atoms with E-state index in [1.54, 1.807) is 7.11 Å². The zero-order valence-electron chi connectivity index (χ0n) is 11.5.